The third kappa shape index (κ3) is 3.96. The summed E-state index contributed by atoms with van der Waals surface area (Å²) < 4.78 is 25.8. The molecule has 1 aromatic heterocycles. The Bertz CT molecular complexity index is 555. The second-order valence-electron chi connectivity index (χ2n) is 4.70. The summed E-state index contributed by atoms with van der Waals surface area (Å²) in [6.07, 6.45) is 0.893. The fourth-order valence-corrected chi connectivity index (χ4v) is 2.53. The Hall–Kier alpha value is -1.56. The number of nitrogens with zero attached hydrogens (tertiary/aromatic N) is 2. The smallest absolute Gasteiger partial charge is 0.205 e. The summed E-state index contributed by atoms with van der Waals surface area (Å²) in [4.78, 5) is 0. The van der Waals surface area contributed by atoms with Crippen LogP contribution < -0.4 is 5.32 Å². The van der Waals surface area contributed by atoms with Gasteiger partial charge in [-0.25, -0.2) is 8.78 Å². The van der Waals surface area contributed by atoms with Gasteiger partial charge in [0, 0.05) is 13.0 Å². The van der Waals surface area contributed by atoms with Crippen molar-refractivity contribution in [2.24, 2.45) is 5.92 Å². The summed E-state index contributed by atoms with van der Waals surface area (Å²) in [5.74, 6) is -1.14. The summed E-state index contributed by atoms with van der Waals surface area (Å²) in [7, 11) is 0. The fourth-order valence-electron chi connectivity index (χ4n) is 1.58. The first-order chi connectivity index (χ1) is 9.04. The maximum Gasteiger partial charge on any atom is 0.205 e. The lowest BCUT2D eigenvalue weighted by Gasteiger charge is -2.02. The molecule has 0 spiro atoms. The highest BCUT2D eigenvalue weighted by Gasteiger charge is 2.07. The van der Waals surface area contributed by atoms with Gasteiger partial charge in [-0.05, 0) is 23.6 Å². The van der Waals surface area contributed by atoms with Crippen molar-refractivity contribution < 1.29 is 8.78 Å². The summed E-state index contributed by atoms with van der Waals surface area (Å²) >= 11 is 1.49. The normalized spacial score (nSPS) is 11.0. The highest BCUT2D eigenvalue weighted by molar-refractivity contribution is 7.15. The molecule has 1 N–H and O–H groups in total. The standard InChI is InChI=1S/C13H15F2N3S/c1-8(2)5-12-17-18-13(19-12)16-7-9-3-4-10(14)11(15)6-9/h3-4,6,8H,5,7H2,1-2H3,(H,16,18). The number of hydrogen-bond donors (Lipinski definition) is 1. The minimum absolute atomic E-state index is 0.396. The zero-order chi connectivity index (χ0) is 13.8. The van der Waals surface area contributed by atoms with E-state index in [9.17, 15) is 8.78 Å². The molecule has 2 rings (SSSR count). The molecule has 0 bridgehead atoms. The van der Waals surface area contributed by atoms with Crippen molar-refractivity contribution in [1.82, 2.24) is 10.2 Å². The second kappa shape index (κ2) is 6.06. The molecule has 0 unspecified atom stereocenters. The number of benzene rings is 1. The van der Waals surface area contributed by atoms with Crippen LogP contribution in [0.4, 0.5) is 13.9 Å². The van der Waals surface area contributed by atoms with Crippen LogP contribution in [0.3, 0.4) is 0 Å². The van der Waals surface area contributed by atoms with E-state index in [1.165, 1.54) is 17.4 Å². The van der Waals surface area contributed by atoms with Crippen LogP contribution in [0.25, 0.3) is 0 Å². The Morgan fingerprint density at radius 1 is 1.21 bits per heavy atom. The van der Waals surface area contributed by atoms with Crippen LogP contribution in [0.15, 0.2) is 18.2 Å². The second-order valence-corrected chi connectivity index (χ2v) is 5.76. The van der Waals surface area contributed by atoms with Crippen LogP contribution in [0, 0.1) is 17.6 Å². The molecule has 0 radical (unpaired) electrons. The highest BCUT2D eigenvalue weighted by atomic mass is 32.1. The van der Waals surface area contributed by atoms with Crippen molar-refractivity contribution in [1.29, 1.82) is 0 Å². The summed E-state index contributed by atoms with van der Waals surface area (Å²) in [6.45, 7) is 4.64. The number of nitrogens with one attached hydrogen (secondary N) is 1. The molecule has 0 saturated heterocycles. The molecule has 0 fully saturated rings. The van der Waals surface area contributed by atoms with Crippen molar-refractivity contribution in [2.45, 2.75) is 26.8 Å². The molecule has 102 valence electrons. The van der Waals surface area contributed by atoms with E-state index in [0.29, 0.717) is 23.2 Å². The van der Waals surface area contributed by atoms with Crippen LogP contribution in [0.2, 0.25) is 0 Å². The van der Waals surface area contributed by atoms with Gasteiger partial charge in [0.25, 0.3) is 0 Å². The highest BCUT2D eigenvalue weighted by Crippen LogP contribution is 2.19. The van der Waals surface area contributed by atoms with Gasteiger partial charge in [-0.3, -0.25) is 0 Å². The molecule has 3 nitrogen and oxygen atoms in total. The number of anilines is 1. The molecular formula is C13H15F2N3S. The molecular weight excluding hydrogens is 268 g/mol. The van der Waals surface area contributed by atoms with Crippen molar-refractivity contribution in [3.05, 3.63) is 40.4 Å². The van der Waals surface area contributed by atoms with Gasteiger partial charge >= 0.3 is 0 Å². The number of halogens is 2. The lowest BCUT2D eigenvalue weighted by Crippen LogP contribution is -2.00. The molecule has 2 aromatic rings. The Kier molecular flexibility index (Phi) is 4.42. The van der Waals surface area contributed by atoms with E-state index in [1.807, 2.05) is 0 Å². The molecule has 0 aliphatic carbocycles. The van der Waals surface area contributed by atoms with E-state index in [2.05, 4.69) is 29.4 Å². The molecule has 1 heterocycles. The monoisotopic (exact) mass is 283 g/mol. The molecule has 0 atom stereocenters. The van der Waals surface area contributed by atoms with Gasteiger partial charge in [0.05, 0.1) is 0 Å². The van der Waals surface area contributed by atoms with Crippen LogP contribution in [0.1, 0.15) is 24.4 Å². The van der Waals surface area contributed by atoms with Gasteiger partial charge in [-0.2, -0.15) is 0 Å². The van der Waals surface area contributed by atoms with Crippen LogP contribution in [-0.4, -0.2) is 10.2 Å². The Labute approximate surface area is 114 Å². The first kappa shape index (κ1) is 13.9. The number of aromatic nitrogens is 2. The van der Waals surface area contributed by atoms with Crippen molar-refractivity contribution in [2.75, 3.05) is 5.32 Å². The van der Waals surface area contributed by atoms with E-state index in [-0.39, 0.29) is 0 Å². The van der Waals surface area contributed by atoms with E-state index in [4.69, 9.17) is 0 Å². The predicted molar refractivity (Wildman–Crippen MR) is 72.1 cm³/mol. The van der Waals surface area contributed by atoms with E-state index in [1.54, 1.807) is 6.07 Å². The van der Waals surface area contributed by atoms with Crippen LogP contribution in [0.5, 0.6) is 0 Å². The zero-order valence-electron chi connectivity index (χ0n) is 10.8. The minimum atomic E-state index is -0.836. The van der Waals surface area contributed by atoms with Gasteiger partial charge in [0.1, 0.15) is 5.01 Å². The quantitative estimate of drug-likeness (QED) is 0.910. The van der Waals surface area contributed by atoms with E-state index < -0.39 is 11.6 Å². The largest absolute Gasteiger partial charge is 0.356 e. The summed E-state index contributed by atoms with van der Waals surface area (Å²) in [6, 6.07) is 3.84. The third-order valence-electron chi connectivity index (χ3n) is 2.48. The molecule has 6 heteroatoms. The Balaban J connectivity index is 1.94. The molecule has 19 heavy (non-hydrogen) atoms. The summed E-state index contributed by atoms with van der Waals surface area (Å²) in [5.41, 5.74) is 0.666. The third-order valence-corrected chi connectivity index (χ3v) is 3.38. The maximum absolute atomic E-state index is 13.0. The van der Waals surface area contributed by atoms with Crippen molar-refractivity contribution in [3.63, 3.8) is 0 Å². The van der Waals surface area contributed by atoms with Crippen LogP contribution in [-0.2, 0) is 13.0 Å². The van der Waals surface area contributed by atoms with Gasteiger partial charge < -0.3 is 5.32 Å². The molecule has 0 amide bonds. The first-order valence-electron chi connectivity index (χ1n) is 6.05. The first-order valence-corrected chi connectivity index (χ1v) is 6.86. The van der Waals surface area contributed by atoms with Gasteiger partial charge in [-0.15, -0.1) is 10.2 Å². The lowest BCUT2D eigenvalue weighted by atomic mass is 10.1. The fraction of sp³-hybridized carbons (Fsp3) is 0.385. The average Bonchev–Trinajstić information content (AvgIpc) is 2.77. The lowest BCUT2D eigenvalue weighted by molar-refractivity contribution is 0.507. The van der Waals surface area contributed by atoms with Crippen LogP contribution >= 0.6 is 11.3 Å². The number of rotatable bonds is 5. The van der Waals surface area contributed by atoms with Gasteiger partial charge in [0.2, 0.25) is 5.13 Å². The minimum Gasteiger partial charge on any atom is -0.356 e. The van der Waals surface area contributed by atoms with Crippen molar-refractivity contribution >= 4 is 16.5 Å². The van der Waals surface area contributed by atoms with Gasteiger partial charge in [-0.1, -0.05) is 31.3 Å². The SMILES string of the molecule is CC(C)Cc1nnc(NCc2ccc(F)c(F)c2)s1. The summed E-state index contributed by atoms with van der Waals surface area (Å²) in [5, 5.41) is 12.8. The number of hydrogen-bond acceptors (Lipinski definition) is 4. The molecule has 1 aromatic carbocycles. The Morgan fingerprint density at radius 2 is 2.00 bits per heavy atom. The molecule has 0 aliphatic rings. The topological polar surface area (TPSA) is 37.8 Å². The van der Waals surface area contributed by atoms with Gasteiger partial charge in [0.15, 0.2) is 11.6 Å². The predicted octanol–water partition coefficient (Wildman–Crippen LogP) is 3.63. The molecule has 0 aliphatic heterocycles. The van der Waals surface area contributed by atoms with Crippen molar-refractivity contribution in [3.8, 4) is 0 Å². The maximum atomic E-state index is 13.0. The zero-order valence-corrected chi connectivity index (χ0v) is 11.6. The Morgan fingerprint density at radius 3 is 2.68 bits per heavy atom. The van der Waals surface area contributed by atoms with E-state index in [0.717, 1.165) is 17.5 Å². The van der Waals surface area contributed by atoms with E-state index >= 15 is 0 Å². The average molecular weight is 283 g/mol. The molecule has 0 saturated carbocycles.